The lowest BCUT2D eigenvalue weighted by Crippen LogP contribution is -2.39. The van der Waals surface area contributed by atoms with Crippen molar-refractivity contribution in [3.05, 3.63) is 42.5 Å². The van der Waals surface area contributed by atoms with Gasteiger partial charge in [-0.1, -0.05) is 0 Å². The molecule has 0 radical (unpaired) electrons. The van der Waals surface area contributed by atoms with Crippen molar-refractivity contribution in [1.82, 2.24) is 15.3 Å². The summed E-state index contributed by atoms with van der Waals surface area (Å²) in [6.07, 6.45) is 8.12. The first-order valence-electron chi connectivity index (χ1n) is 7.41. The maximum Gasteiger partial charge on any atom is 0.0557 e. The monoisotopic (exact) mass is 282 g/mol. The Kier molecular flexibility index (Phi) is 3.64. The number of anilines is 1. The number of nitrogens with zero attached hydrogens (tertiary/aromatic N) is 3. The van der Waals surface area contributed by atoms with Gasteiger partial charge in [0.15, 0.2) is 0 Å². The Balaban J connectivity index is 1.87. The minimum absolute atomic E-state index is 0.302. The third kappa shape index (κ3) is 2.90. The van der Waals surface area contributed by atoms with Gasteiger partial charge in [0.25, 0.3) is 0 Å². The number of rotatable bonds is 5. The Morgan fingerprint density at radius 2 is 2.00 bits per heavy atom. The SMILES string of the molecule is CNC1(CN(C)c2cnc(C)c(-c3ccncc3)c2)CC1. The van der Waals surface area contributed by atoms with E-state index in [0.717, 1.165) is 17.9 Å². The molecule has 0 aromatic carbocycles. The van der Waals surface area contributed by atoms with Crippen molar-refractivity contribution >= 4 is 5.69 Å². The Morgan fingerprint density at radius 1 is 1.29 bits per heavy atom. The minimum atomic E-state index is 0.302. The number of hydrogen-bond acceptors (Lipinski definition) is 4. The Morgan fingerprint density at radius 3 is 2.62 bits per heavy atom. The lowest BCUT2D eigenvalue weighted by molar-refractivity contribution is 0.549. The van der Waals surface area contributed by atoms with Crippen LogP contribution in [0, 0.1) is 6.92 Å². The predicted molar refractivity (Wildman–Crippen MR) is 86.5 cm³/mol. The van der Waals surface area contributed by atoms with Crippen molar-refractivity contribution in [2.75, 3.05) is 25.5 Å². The first-order chi connectivity index (χ1) is 10.1. The third-order valence-corrected chi connectivity index (χ3v) is 4.43. The number of aryl methyl sites for hydroxylation is 1. The normalized spacial score (nSPS) is 15.8. The van der Waals surface area contributed by atoms with Gasteiger partial charge in [-0.05, 0) is 50.6 Å². The summed E-state index contributed by atoms with van der Waals surface area (Å²) in [4.78, 5) is 10.9. The van der Waals surface area contributed by atoms with E-state index in [-0.39, 0.29) is 0 Å². The Hall–Kier alpha value is -1.94. The van der Waals surface area contributed by atoms with Crippen molar-refractivity contribution in [3.63, 3.8) is 0 Å². The van der Waals surface area contributed by atoms with Gasteiger partial charge in [-0.2, -0.15) is 0 Å². The van der Waals surface area contributed by atoms with Crippen LogP contribution < -0.4 is 10.2 Å². The number of nitrogens with one attached hydrogen (secondary N) is 1. The summed E-state index contributed by atoms with van der Waals surface area (Å²) in [5.41, 5.74) is 4.86. The molecule has 1 fully saturated rings. The van der Waals surface area contributed by atoms with Crippen molar-refractivity contribution in [1.29, 1.82) is 0 Å². The second-order valence-electron chi connectivity index (χ2n) is 5.95. The fourth-order valence-electron chi connectivity index (χ4n) is 2.74. The first-order valence-corrected chi connectivity index (χ1v) is 7.41. The molecular formula is C17H22N4. The van der Waals surface area contributed by atoms with Crippen LogP contribution in [-0.4, -0.2) is 36.1 Å². The lowest BCUT2D eigenvalue weighted by Gasteiger charge is -2.25. The maximum absolute atomic E-state index is 4.57. The molecule has 4 nitrogen and oxygen atoms in total. The molecule has 0 spiro atoms. The number of likely N-dealkylation sites (N-methyl/N-ethyl adjacent to an activating group) is 2. The van der Waals surface area contributed by atoms with Crippen LogP contribution in [0.25, 0.3) is 11.1 Å². The van der Waals surface area contributed by atoms with E-state index in [0.29, 0.717) is 5.54 Å². The molecule has 3 rings (SSSR count). The molecule has 2 heterocycles. The molecule has 1 aliphatic rings. The van der Waals surface area contributed by atoms with Gasteiger partial charge in [-0.15, -0.1) is 0 Å². The second-order valence-corrected chi connectivity index (χ2v) is 5.95. The van der Waals surface area contributed by atoms with E-state index in [2.05, 4.69) is 47.3 Å². The van der Waals surface area contributed by atoms with Crippen LogP contribution in [0.5, 0.6) is 0 Å². The van der Waals surface area contributed by atoms with Crippen LogP contribution in [0.1, 0.15) is 18.5 Å². The van der Waals surface area contributed by atoms with Crippen LogP contribution in [0.15, 0.2) is 36.8 Å². The van der Waals surface area contributed by atoms with E-state index < -0.39 is 0 Å². The molecule has 0 atom stereocenters. The van der Waals surface area contributed by atoms with E-state index in [1.54, 1.807) is 0 Å². The standard InChI is InChI=1S/C17H22N4/c1-13-16(14-4-8-19-9-5-14)10-15(11-20-13)21(3)12-17(18-2)6-7-17/h4-5,8-11,18H,6-7,12H2,1-3H3. The van der Waals surface area contributed by atoms with E-state index in [1.165, 1.54) is 24.0 Å². The second kappa shape index (κ2) is 5.45. The highest BCUT2D eigenvalue weighted by Gasteiger charge is 2.41. The average molecular weight is 282 g/mol. The molecule has 0 amide bonds. The van der Waals surface area contributed by atoms with Crippen LogP contribution in [0.2, 0.25) is 0 Å². The van der Waals surface area contributed by atoms with Crippen molar-refractivity contribution in [2.24, 2.45) is 0 Å². The number of hydrogen-bond donors (Lipinski definition) is 1. The summed E-state index contributed by atoms with van der Waals surface area (Å²) in [5.74, 6) is 0. The molecule has 2 aromatic rings. The van der Waals surface area contributed by atoms with Crippen molar-refractivity contribution in [3.8, 4) is 11.1 Å². The molecule has 1 saturated carbocycles. The van der Waals surface area contributed by atoms with Crippen LogP contribution >= 0.6 is 0 Å². The lowest BCUT2D eigenvalue weighted by atomic mass is 10.1. The number of aromatic nitrogens is 2. The van der Waals surface area contributed by atoms with E-state index in [1.807, 2.05) is 30.7 Å². The molecule has 0 unspecified atom stereocenters. The highest BCUT2D eigenvalue weighted by molar-refractivity contribution is 5.69. The maximum atomic E-state index is 4.57. The van der Waals surface area contributed by atoms with Gasteiger partial charge in [0, 0.05) is 42.8 Å². The summed E-state index contributed by atoms with van der Waals surface area (Å²) < 4.78 is 0. The van der Waals surface area contributed by atoms with Crippen molar-refractivity contribution in [2.45, 2.75) is 25.3 Å². The molecule has 2 aromatic heterocycles. The molecule has 110 valence electrons. The zero-order chi connectivity index (χ0) is 14.9. The van der Waals surface area contributed by atoms with Crippen LogP contribution in [-0.2, 0) is 0 Å². The van der Waals surface area contributed by atoms with Crippen molar-refractivity contribution < 1.29 is 0 Å². The molecule has 0 saturated heterocycles. The molecule has 0 aliphatic heterocycles. The van der Waals surface area contributed by atoms with E-state index in [4.69, 9.17) is 0 Å². The Labute approximate surface area is 126 Å². The molecule has 1 N–H and O–H groups in total. The zero-order valence-corrected chi connectivity index (χ0v) is 12.9. The van der Waals surface area contributed by atoms with Gasteiger partial charge in [-0.25, -0.2) is 0 Å². The summed E-state index contributed by atoms with van der Waals surface area (Å²) in [6, 6.07) is 6.29. The zero-order valence-electron chi connectivity index (χ0n) is 12.9. The minimum Gasteiger partial charge on any atom is -0.371 e. The largest absolute Gasteiger partial charge is 0.371 e. The van der Waals surface area contributed by atoms with E-state index in [9.17, 15) is 0 Å². The summed E-state index contributed by atoms with van der Waals surface area (Å²) in [7, 11) is 4.19. The van der Waals surface area contributed by atoms with Gasteiger partial charge in [-0.3, -0.25) is 9.97 Å². The quantitative estimate of drug-likeness (QED) is 0.915. The predicted octanol–water partition coefficient (Wildman–Crippen LogP) is 2.64. The summed E-state index contributed by atoms with van der Waals surface area (Å²) >= 11 is 0. The van der Waals surface area contributed by atoms with Gasteiger partial charge in [0.05, 0.1) is 11.9 Å². The molecule has 0 bridgehead atoms. The van der Waals surface area contributed by atoms with Gasteiger partial charge in [0.2, 0.25) is 0 Å². The third-order valence-electron chi connectivity index (χ3n) is 4.43. The fourth-order valence-corrected chi connectivity index (χ4v) is 2.74. The summed E-state index contributed by atoms with van der Waals surface area (Å²) in [5, 5.41) is 3.44. The molecule has 1 aliphatic carbocycles. The van der Waals surface area contributed by atoms with Crippen LogP contribution in [0.4, 0.5) is 5.69 Å². The summed E-state index contributed by atoms with van der Waals surface area (Å²) in [6.45, 7) is 3.07. The average Bonchev–Trinajstić information content (AvgIpc) is 3.28. The number of pyridine rings is 2. The highest BCUT2D eigenvalue weighted by atomic mass is 15.2. The highest BCUT2D eigenvalue weighted by Crippen LogP contribution is 2.36. The fraction of sp³-hybridized carbons (Fsp3) is 0.412. The molecule has 4 heteroatoms. The van der Waals surface area contributed by atoms with Crippen LogP contribution in [0.3, 0.4) is 0 Å². The Bertz CT molecular complexity index is 620. The van der Waals surface area contributed by atoms with Gasteiger partial charge < -0.3 is 10.2 Å². The topological polar surface area (TPSA) is 41.0 Å². The first kappa shape index (κ1) is 14.0. The van der Waals surface area contributed by atoms with E-state index >= 15 is 0 Å². The molecule has 21 heavy (non-hydrogen) atoms. The smallest absolute Gasteiger partial charge is 0.0557 e. The molecular weight excluding hydrogens is 260 g/mol. The van der Waals surface area contributed by atoms with Gasteiger partial charge >= 0.3 is 0 Å². The van der Waals surface area contributed by atoms with Gasteiger partial charge in [0.1, 0.15) is 0 Å².